The van der Waals surface area contributed by atoms with Crippen molar-refractivity contribution in [2.75, 3.05) is 24.7 Å². The van der Waals surface area contributed by atoms with Gasteiger partial charge in [-0.2, -0.15) is 16.8 Å². The van der Waals surface area contributed by atoms with Crippen LogP contribution in [0.5, 0.6) is 0 Å². The summed E-state index contributed by atoms with van der Waals surface area (Å²) in [6, 6.07) is 0. The Kier molecular flexibility index (Phi) is 5.96. The Morgan fingerprint density at radius 1 is 0.815 bits per heavy atom. The van der Waals surface area contributed by atoms with E-state index >= 15 is 0 Å². The molecule has 1 unspecified atom stereocenters. The van der Waals surface area contributed by atoms with Gasteiger partial charge in [0.1, 0.15) is 0 Å². The summed E-state index contributed by atoms with van der Waals surface area (Å²) in [5.74, 6) is -2.81. The monoisotopic (exact) mass is 428 g/mol. The number of ether oxygens (including phenoxy) is 2. The van der Waals surface area contributed by atoms with Crippen molar-refractivity contribution in [1.29, 1.82) is 0 Å². The van der Waals surface area contributed by atoms with Crippen molar-refractivity contribution in [3.05, 3.63) is 0 Å². The molecule has 0 aromatic carbocycles. The minimum atomic E-state index is -4.16. The van der Waals surface area contributed by atoms with Crippen LogP contribution in [0.1, 0.15) is 34.1 Å². The standard InChI is InChI=1S/C15H24O10S2/c1-14(2)8-22-12(16)10(14)24-26(18,19)6-5-7-27(20,21)25-11-13(17)23-9-15(11,3)4/h10-11H,5-9H2,1-4H3/t10-,11?/m1/s1. The Morgan fingerprint density at radius 2 is 1.15 bits per heavy atom. The topological polar surface area (TPSA) is 139 Å². The lowest BCUT2D eigenvalue weighted by Gasteiger charge is -2.22. The van der Waals surface area contributed by atoms with E-state index in [0.29, 0.717) is 0 Å². The number of carbonyl (C=O) groups is 2. The Bertz CT molecular complexity index is 742. The second-order valence-corrected chi connectivity index (χ2v) is 11.5. The summed E-state index contributed by atoms with van der Waals surface area (Å²) < 4.78 is 67.7. The fraction of sp³-hybridized carbons (Fsp3) is 0.867. The average Bonchev–Trinajstić information content (AvgIpc) is 2.90. The molecule has 2 heterocycles. The summed E-state index contributed by atoms with van der Waals surface area (Å²) in [6.07, 6.45) is -2.87. The summed E-state index contributed by atoms with van der Waals surface area (Å²) in [4.78, 5) is 23.2. The van der Waals surface area contributed by atoms with Crippen LogP contribution < -0.4 is 0 Å². The van der Waals surface area contributed by atoms with Crippen LogP contribution >= 0.6 is 0 Å². The molecular formula is C15H24O10S2. The van der Waals surface area contributed by atoms with E-state index in [-0.39, 0.29) is 19.6 Å². The van der Waals surface area contributed by atoms with Crippen LogP contribution in [0.15, 0.2) is 0 Å². The van der Waals surface area contributed by atoms with Crippen LogP contribution in [0.3, 0.4) is 0 Å². The van der Waals surface area contributed by atoms with Gasteiger partial charge in [0.25, 0.3) is 20.2 Å². The minimum absolute atomic E-state index is 0.0293. The molecule has 0 bridgehead atoms. The summed E-state index contributed by atoms with van der Waals surface area (Å²) >= 11 is 0. The molecule has 0 N–H and O–H groups in total. The second-order valence-electron chi connectivity index (χ2n) is 8.02. The van der Waals surface area contributed by atoms with Crippen molar-refractivity contribution in [3.8, 4) is 0 Å². The summed E-state index contributed by atoms with van der Waals surface area (Å²) in [7, 11) is -8.33. The van der Waals surface area contributed by atoms with E-state index < -0.39 is 66.7 Å². The van der Waals surface area contributed by atoms with E-state index in [1.807, 2.05) is 0 Å². The molecule has 0 aliphatic carbocycles. The molecule has 2 fully saturated rings. The fourth-order valence-electron chi connectivity index (χ4n) is 2.60. The predicted molar refractivity (Wildman–Crippen MR) is 91.4 cm³/mol. The molecule has 0 radical (unpaired) electrons. The van der Waals surface area contributed by atoms with Crippen LogP contribution in [-0.2, 0) is 47.7 Å². The Morgan fingerprint density at radius 3 is 1.41 bits per heavy atom. The lowest BCUT2D eigenvalue weighted by Crippen LogP contribution is -2.36. The van der Waals surface area contributed by atoms with Crippen LogP contribution in [0.2, 0.25) is 0 Å². The normalized spacial score (nSPS) is 27.4. The van der Waals surface area contributed by atoms with E-state index in [2.05, 4.69) is 0 Å². The van der Waals surface area contributed by atoms with Gasteiger partial charge in [-0.15, -0.1) is 0 Å². The van der Waals surface area contributed by atoms with Gasteiger partial charge in [-0.25, -0.2) is 9.59 Å². The van der Waals surface area contributed by atoms with Crippen molar-refractivity contribution in [2.24, 2.45) is 10.8 Å². The molecule has 156 valence electrons. The lowest BCUT2D eigenvalue weighted by atomic mass is 9.90. The van der Waals surface area contributed by atoms with Gasteiger partial charge in [0.15, 0.2) is 12.2 Å². The van der Waals surface area contributed by atoms with Gasteiger partial charge >= 0.3 is 11.9 Å². The molecule has 2 rings (SSSR count). The zero-order valence-corrected chi connectivity index (χ0v) is 17.2. The maximum Gasteiger partial charge on any atom is 0.337 e. The molecule has 27 heavy (non-hydrogen) atoms. The molecule has 0 aromatic heterocycles. The van der Waals surface area contributed by atoms with E-state index in [0.717, 1.165) is 0 Å². The van der Waals surface area contributed by atoms with Crippen molar-refractivity contribution >= 4 is 32.2 Å². The van der Waals surface area contributed by atoms with Gasteiger partial charge in [0, 0.05) is 10.8 Å². The molecular weight excluding hydrogens is 404 g/mol. The Balaban J connectivity index is 1.90. The average molecular weight is 428 g/mol. The molecule has 2 atom stereocenters. The highest BCUT2D eigenvalue weighted by Crippen LogP contribution is 2.33. The quantitative estimate of drug-likeness (QED) is 0.382. The lowest BCUT2D eigenvalue weighted by molar-refractivity contribution is -0.144. The highest BCUT2D eigenvalue weighted by Gasteiger charge is 2.48. The third-order valence-electron chi connectivity index (χ3n) is 4.29. The van der Waals surface area contributed by atoms with Gasteiger partial charge in [0.05, 0.1) is 24.7 Å². The summed E-state index contributed by atoms with van der Waals surface area (Å²) in [5, 5.41) is 0. The van der Waals surface area contributed by atoms with Gasteiger partial charge in [0.2, 0.25) is 0 Å². The smallest absolute Gasteiger partial charge is 0.337 e. The number of hydrogen-bond donors (Lipinski definition) is 0. The van der Waals surface area contributed by atoms with E-state index in [4.69, 9.17) is 17.8 Å². The van der Waals surface area contributed by atoms with Crippen LogP contribution in [-0.4, -0.2) is 65.7 Å². The highest BCUT2D eigenvalue weighted by atomic mass is 32.2. The molecule has 10 nitrogen and oxygen atoms in total. The van der Waals surface area contributed by atoms with Gasteiger partial charge in [-0.3, -0.25) is 8.37 Å². The van der Waals surface area contributed by atoms with Crippen molar-refractivity contribution < 1.29 is 44.3 Å². The molecule has 0 saturated carbocycles. The van der Waals surface area contributed by atoms with Crippen LogP contribution in [0, 0.1) is 10.8 Å². The van der Waals surface area contributed by atoms with E-state index in [1.54, 1.807) is 27.7 Å². The number of esters is 2. The van der Waals surface area contributed by atoms with E-state index in [1.165, 1.54) is 0 Å². The molecule has 12 heteroatoms. The largest absolute Gasteiger partial charge is 0.463 e. The van der Waals surface area contributed by atoms with Crippen molar-refractivity contribution in [2.45, 2.75) is 46.3 Å². The summed E-state index contributed by atoms with van der Waals surface area (Å²) in [5.41, 5.74) is -1.62. The SMILES string of the molecule is CC1(C)COC(=O)C1OS(=O)(=O)CCCS(=O)(=O)O[C@@H]1C(=O)OCC1(C)C. The third kappa shape index (κ3) is 5.39. The number of cyclic esters (lactones) is 2. The van der Waals surface area contributed by atoms with E-state index in [9.17, 15) is 26.4 Å². The summed E-state index contributed by atoms with van der Waals surface area (Å²) in [6.45, 7) is 6.55. The maximum atomic E-state index is 12.1. The first-order valence-electron chi connectivity index (χ1n) is 8.30. The molecule has 0 amide bonds. The van der Waals surface area contributed by atoms with Crippen molar-refractivity contribution in [3.63, 3.8) is 0 Å². The van der Waals surface area contributed by atoms with Crippen LogP contribution in [0.25, 0.3) is 0 Å². The molecule has 0 aromatic rings. The first kappa shape index (κ1) is 22.1. The zero-order valence-electron chi connectivity index (χ0n) is 15.6. The van der Waals surface area contributed by atoms with Gasteiger partial charge < -0.3 is 9.47 Å². The number of rotatable bonds is 8. The minimum Gasteiger partial charge on any atom is -0.463 e. The fourth-order valence-corrected chi connectivity index (χ4v) is 5.23. The molecule has 2 aliphatic heterocycles. The molecule has 0 spiro atoms. The number of carbonyl (C=O) groups excluding carboxylic acids is 2. The predicted octanol–water partition coefficient (Wildman–Crippen LogP) is -0.0275. The first-order chi connectivity index (χ1) is 12.2. The zero-order chi connectivity index (χ0) is 20.7. The van der Waals surface area contributed by atoms with Crippen molar-refractivity contribution in [1.82, 2.24) is 0 Å². The third-order valence-corrected chi connectivity index (χ3v) is 6.84. The Hall–Kier alpha value is -1.24. The first-order valence-corrected chi connectivity index (χ1v) is 11.5. The maximum absolute atomic E-state index is 12.1. The second kappa shape index (κ2) is 7.30. The number of hydrogen-bond acceptors (Lipinski definition) is 10. The Labute approximate surface area is 158 Å². The van der Waals surface area contributed by atoms with Crippen LogP contribution in [0.4, 0.5) is 0 Å². The van der Waals surface area contributed by atoms with Gasteiger partial charge in [-0.1, -0.05) is 27.7 Å². The molecule has 2 aliphatic rings. The molecule has 2 saturated heterocycles. The highest BCUT2D eigenvalue weighted by molar-refractivity contribution is 7.87. The van der Waals surface area contributed by atoms with Gasteiger partial charge in [-0.05, 0) is 6.42 Å².